The molecule has 0 saturated carbocycles. The van der Waals surface area contributed by atoms with Crippen molar-refractivity contribution in [3.05, 3.63) is 41.0 Å². The average molecular weight is 244 g/mol. The van der Waals surface area contributed by atoms with Gasteiger partial charge in [-0.3, -0.25) is 0 Å². The molecule has 0 fully saturated rings. The van der Waals surface area contributed by atoms with Gasteiger partial charge in [0.1, 0.15) is 17.2 Å². The first-order chi connectivity index (χ1) is 8.43. The largest absolute Gasteiger partial charge is 0.508 e. The molecule has 3 N–H and O–H groups in total. The lowest BCUT2D eigenvalue weighted by molar-refractivity contribution is 0.441. The zero-order valence-electron chi connectivity index (χ0n) is 10.7. The molecule has 0 saturated heterocycles. The van der Waals surface area contributed by atoms with E-state index in [1.807, 2.05) is 13.8 Å². The number of hydrogen-bond acceptors (Lipinski definition) is 3. The Labute approximate surface area is 106 Å². The van der Waals surface area contributed by atoms with Crippen molar-refractivity contribution in [2.24, 2.45) is 0 Å². The van der Waals surface area contributed by atoms with E-state index >= 15 is 0 Å². The molecule has 0 aliphatic heterocycles. The molecule has 2 aromatic carbocycles. The fraction of sp³-hybridized carbons (Fsp3) is 0.200. The molecule has 3 heteroatoms. The van der Waals surface area contributed by atoms with E-state index in [4.69, 9.17) is 0 Å². The second-order valence-electron chi connectivity index (χ2n) is 4.49. The summed E-state index contributed by atoms with van der Waals surface area (Å²) in [6, 6.07) is 6.64. The summed E-state index contributed by atoms with van der Waals surface area (Å²) < 4.78 is 0. The van der Waals surface area contributed by atoms with Gasteiger partial charge < -0.3 is 15.3 Å². The molecule has 0 heterocycles. The minimum atomic E-state index is 0.0845. The first-order valence-corrected chi connectivity index (χ1v) is 5.74. The van der Waals surface area contributed by atoms with Crippen molar-refractivity contribution in [3.63, 3.8) is 0 Å². The third-order valence-corrected chi connectivity index (χ3v) is 3.40. The first-order valence-electron chi connectivity index (χ1n) is 5.74. The van der Waals surface area contributed by atoms with Gasteiger partial charge in [0, 0.05) is 11.1 Å². The van der Waals surface area contributed by atoms with E-state index < -0.39 is 0 Å². The summed E-state index contributed by atoms with van der Waals surface area (Å²) in [7, 11) is 0. The minimum absolute atomic E-state index is 0.0845. The average Bonchev–Trinajstić information content (AvgIpc) is 2.36. The molecule has 2 aromatic rings. The molecule has 0 atom stereocenters. The van der Waals surface area contributed by atoms with E-state index in [-0.39, 0.29) is 17.2 Å². The summed E-state index contributed by atoms with van der Waals surface area (Å²) in [4.78, 5) is 0. The highest BCUT2D eigenvalue weighted by molar-refractivity contribution is 5.78. The van der Waals surface area contributed by atoms with Gasteiger partial charge in [0.05, 0.1) is 0 Å². The van der Waals surface area contributed by atoms with Gasteiger partial charge in [-0.1, -0.05) is 12.1 Å². The van der Waals surface area contributed by atoms with Gasteiger partial charge in [-0.25, -0.2) is 0 Å². The number of aromatic hydroxyl groups is 3. The molecular formula is C15H16O3. The van der Waals surface area contributed by atoms with Gasteiger partial charge in [-0.05, 0) is 49.6 Å². The maximum Gasteiger partial charge on any atom is 0.130 e. The van der Waals surface area contributed by atoms with E-state index in [2.05, 4.69) is 0 Å². The maximum absolute atomic E-state index is 10.2. The Kier molecular flexibility index (Phi) is 2.91. The second-order valence-corrected chi connectivity index (χ2v) is 4.49. The molecule has 0 aromatic heterocycles. The fourth-order valence-electron chi connectivity index (χ4n) is 2.10. The van der Waals surface area contributed by atoms with Crippen LogP contribution in [-0.4, -0.2) is 15.3 Å². The van der Waals surface area contributed by atoms with Crippen LogP contribution in [0.2, 0.25) is 0 Å². The quantitative estimate of drug-likeness (QED) is 0.720. The Balaban J connectivity index is 2.75. The van der Waals surface area contributed by atoms with Crippen LogP contribution in [0.3, 0.4) is 0 Å². The van der Waals surface area contributed by atoms with Crippen LogP contribution in [0.4, 0.5) is 0 Å². The number of benzene rings is 2. The zero-order chi connectivity index (χ0) is 13.4. The van der Waals surface area contributed by atoms with Crippen molar-refractivity contribution >= 4 is 0 Å². The van der Waals surface area contributed by atoms with Crippen LogP contribution in [0, 0.1) is 20.8 Å². The lowest BCUT2D eigenvalue weighted by Crippen LogP contribution is -1.93. The molecule has 0 aliphatic rings. The zero-order valence-corrected chi connectivity index (χ0v) is 10.7. The molecule has 0 unspecified atom stereocenters. The lowest BCUT2D eigenvalue weighted by Gasteiger charge is -2.16. The molecule has 2 rings (SSSR count). The van der Waals surface area contributed by atoms with Gasteiger partial charge >= 0.3 is 0 Å². The maximum atomic E-state index is 10.2. The normalized spacial score (nSPS) is 10.6. The van der Waals surface area contributed by atoms with Crippen LogP contribution >= 0.6 is 0 Å². The minimum Gasteiger partial charge on any atom is -0.508 e. The third-order valence-electron chi connectivity index (χ3n) is 3.40. The third kappa shape index (κ3) is 1.78. The van der Waals surface area contributed by atoms with Crippen molar-refractivity contribution in [1.29, 1.82) is 0 Å². The summed E-state index contributed by atoms with van der Waals surface area (Å²) in [5, 5.41) is 29.4. The standard InChI is InChI=1S/C15H16O3/c1-8-9(2)14(17)10(3)15(18)13(8)11-4-6-12(16)7-5-11/h4-7,16-18H,1-3H3. The van der Waals surface area contributed by atoms with E-state index in [1.54, 1.807) is 31.2 Å². The Morgan fingerprint density at radius 3 is 1.78 bits per heavy atom. The Hall–Kier alpha value is -2.16. The second kappa shape index (κ2) is 4.26. The van der Waals surface area contributed by atoms with E-state index in [0.29, 0.717) is 11.1 Å². The van der Waals surface area contributed by atoms with Crippen molar-refractivity contribution in [2.45, 2.75) is 20.8 Å². The summed E-state index contributed by atoms with van der Waals surface area (Å²) in [6.07, 6.45) is 0. The highest BCUT2D eigenvalue weighted by Crippen LogP contribution is 2.42. The van der Waals surface area contributed by atoms with Gasteiger partial charge in [0.2, 0.25) is 0 Å². The van der Waals surface area contributed by atoms with Crippen LogP contribution in [0.15, 0.2) is 24.3 Å². The van der Waals surface area contributed by atoms with E-state index in [0.717, 1.165) is 16.7 Å². The van der Waals surface area contributed by atoms with Crippen molar-refractivity contribution < 1.29 is 15.3 Å². The molecule has 18 heavy (non-hydrogen) atoms. The number of hydrogen-bond donors (Lipinski definition) is 3. The molecule has 0 aliphatic carbocycles. The van der Waals surface area contributed by atoms with Crippen molar-refractivity contribution in [2.75, 3.05) is 0 Å². The summed E-state index contributed by atoms with van der Waals surface area (Å²) >= 11 is 0. The number of phenolic OH excluding ortho intramolecular Hbond substituents is 3. The Morgan fingerprint density at radius 2 is 1.22 bits per heavy atom. The molecule has 0 radical (unpaired) electrons. The summed E-state index contributed by atoms with van der Waals surface area (Å²) in [6.45, 7) is 5.36. The SMILES string of the molecule is Cc1c(C)c(-c2ccc(O)cc2)c(O)c(C)c1O. The first kappa shape index (κ1) is 12.3. The van der Waals surface area contributed by atoms with Crippen LogP contribution in [0.1, 0.15) is 16.7 Å². The topological polar surface area (TPSA) is 60.7 Å². The van der Waals surface area contributed by atoms with Crippen LogP contribution in [0.5, 0.6) is 17.2 Å². The highest BCUT2D eigenvalue weighted by Gasteiger charge is 2.17. The van der Waals surface area contributed by atoms with Gasteiger partial charge in [-0.15, -0.1) is 0 Å². The molecule has 3 nitrogen and oxygen atoms in total. The monoisotopic (exact) mass is 244 g/mol. The molecule has 0 spiro atoms. The Morgan fingerprint density at radius 1 is 0.667 bits per heavy atom. The smallest absolute Gasteiger partial charge is 0.130 e. The number of phenols is 3. The lowest BCUT2D eigenvalue weighted by atomic mass is 9.92. The van der Waals surface area contributed by atoms with Crippen molar-refractivity contribution in [3.8, 4) is 28.4 Å². The Bertz CT molecular complexity index is 569. The molecule has 0 bridgehead atoms. The van der Waals surface area contributed by atoms with Crippen molar-refractivity contribution in [1.82, 2.24) is 0 Å². The predicted octanol–water partition coefficient (Wildman–Crippen LogP) is 3.40. The molecule has 0 amide bonds. The van der Waals surface area contributed by atoms with E-state index in [1.165, 1.54) is 0 Å². The predicted molar refractivity (Wildman–Crippen MR) is 71.1 cm³/mol. The molecular weight excluding hydrogens is 228 g/mol. The summed E-state index contributed by atoms with van der Waals surface area (Å²) in [5.74, 6) is 0.400. The van der Waals surface area contributed by atoms with Crippen LogP contribution in [0.25, 0.3) is 11.1 Å². The van der Waals surface area contributed by atoms with Gasteiger partial charge in [0.15, 0.2) is 0 Å². The van der Waals surface area contributed by atoms with Gasteiger partial charge in [0.25, 0.3) is 0 Å². The molecule has 94 valence electrons. The van der Waals surface area contributed by atoms with Crippen LogP contribution in [-0.2, 0) is 0 Å². The van der Waals surface area contributed by atoms with Crippen LogP contribution < -0.4 is 0 Å². The highest BCUT2D eigenvalue weighted by atomic mass is 16.3. The fourth-order valence-corrected chi connectivity index (χ4v) is 2.10. The summed E-state index contributed by atoms with van der Waals surface area (Å²) in [5.41, 5.74) is 3.58. The van der Waals surface area contributed by atoms with Gasteiger partial charge in [-0.2, -0.15) is 0 Å². The van der Waals surface area contributed by atoms with E-state index in [9.17, 15) is 15.3 Å². The number of rotatable bonds is 1.